The highest BCUT2D eigenvalue weighted by Crippen LogP contribution is 2.44. The molecule has 2 aliphatic heterocycles. The minimum atomic E-state index is -0.737. The van der Waals surface area contributed by atoms with Gasteiger partial charge < -0.3 is 14.9 Å². The molecular formula is C18H24O4. The minimum absolute atomic E-state index is 0.201. The molecule has 0 aliphatic carbocycles. The number of aliphatic hydroxyl groups excluding tert-OH is 1. The maximum absolute atomic E-state index is 10.7. The first-order valence-electron chi connectivity index (χ1n) is 8.24. The maximum Gasteiger partial charge on any atom is 0.303 e. The van der Waals surface area contributed by atoms with Gasteiger partial charge >= 0.3 is 5.97 Å². The Balaban J connectivity index is 1.68. The molecule has 0 spiro atoms. The average Bonchev–Trinajstić information content (AvgIpc) is 3.09. The summed E-state index contributed by atoms with van der Waals surface area (Å²) < 4.78 is 5.98. The summed E-state index contributed by atoms with van der Waals surface area (Å²) >= 11 is 0. The first kappa shape index (κ1) is 15.5. The van der Waals surface area contributed by atoms with Crippen molar-refractivity contribution in [3.63, 3.8) is 0 Å². The Hall–Kier alpha value is -1.39. The topological polar surface area (TPSA) is 66.8 Å². The molecule has 2 saturated heterocycles. The number of aliphatic carboxylic acids is 1. The van der Waals surface area contributed by atoms with Crippen LogP contribution in [0.4, 0.5) is 0 Å². The highest BCUT2D eigenvalue weighted by atomic mass is 16.5. The Labute approximate surface area is 131 Å². The number of hydrogen-bond acceptors (Lipinski definition) is 3. The van der Waals surface area contributed by atoms with Crippen LogP contribution in [0.1, 0.15) is 36.8 Å². The molecule has 0 amide bonds. The van der Waals surface area contributed by atoms with Gasteiger partial charge in [-0.3, -0.25) is 4.79 Å². The number of benzene rings is 1. The quantitative estimate of drug-likeness (QED) is 0.812. The third kappa shape index (κ3) is 3.18. The second kappa shape index (κ2) is 6.80. The highest BCUT2D eigenvalue weighted by molar-refractivity contribution is 5.66. The molecule has 1 aromatic carbocycles. The zero-order valence-electron chi connectivity index (χ0n) is 12.8. The molecule has 4 atom stereocenters. The summed E-state index contributed by atoms with van der Waals surface area (Å²) in [7, 11) is 0. The first-order chi connectivity index (χ1) is 10.7. The van der Waals surface area contributed by atoms with Gasteiger partial charge in [-0.15, -0.1) is 0 Å². The number of carboxylic acids is 1. The lowest BCUT2D eigenvalue weighted by molar-refractivity contribution is -0.137. The Bertz CT molecular complexity index is 528. The summed E-state index contributed by atoms with van der Waals surface area (Å²) in [4.78, 5) is 10.7. The highest BCUT2D eigenvalue weighted by Gasteiger charge is 2.48. The summed E-state index contributed by atoms with van der Waals surface area (Å²) in [5.74, 6) is -0.0884. The van der Waals surface area contributed by atoms with Crippen molar-refractivity contribution in [2.24, 2.45) is 11.8 Å². The fourth-order valence-corrected chi connectivity index (χ4v) is 4.09. The smallest absolute Gasteiger partial charge is 0.303 e. The van der Waals surface area contributed by atoms with Crippen LogP contribution in [0.2, 0.25) is 0 Å². The maximum atomic E-state index is 10.7. The van der Waals surface area contributed by atoms with Gasteiger partial charge in [-0.2, -0.15) is 0 Å². The molecule has 2 bridgehead atoms. The largest absolute Gasteiger partial charge is 0.481 e. The Morgan fingerprint density at radius 1 is 1.14 bits per heavy atom. The van der Waals surface area contributed by atoms with Crippen molar-refractivity contribution < 1.29 is 19.7 Å². The Kier molecular flexibility index (Phi) is 4.79. The molecule has 4 heteroatoms. The number of aliphatic hydroxyl groups is 1. The molecule has 1 aromatic rings. The molecule has 2 fully saturated rings. The summed E-state index contributed by atoms with van der Waals surface area (Å²) in [5, 5.41) is 18.4. The lowest BCUT2D eigenvalue weighted by Crippen LogP contribution is -2.31. The van der Waals surface area contributed by atoms with Crippen LogP contribution in [0, 0.1) is 11.8 Å². The molecule has 2 aliphatic rings. The van der Waals surface area contributed by atoms with E-state index in [1.54, 1.807) is 0 Å². The van der Waals surface area contributed by atoms with Gasteiger partial charge in [0.15, 0.2) is 0 Å². The van der Waals surface area contributed by atoms with E-state index < -0.39 is 5.97 Å². The van der Waals surface area contributed by atoms with Crippen molar-refractivity contribution in [3.8, 4) is 0 Å². The molecule has 120 valence electrons. The van der Waals surface area contributed by atoms with Gasteiger partial charge in [0.1, 0.15) is 0 Å². The molecule has 0 saturated carbocycles. The second-order valence-corrected chi connectivity index (χ2v) is 6.52. The molecule has 0 unspecified atom stereocenters. The number of hydrogen-bond donors (Lipinski definition) is 2. The monoisotopic (exact) mass is 304 g/mol. The van der Waals surface area contributed by atoms with Crippen molar-refractivity contribution in [2.75, 3.05) is 6.61 Å². The second-order valence-electron chi connectivity index (χ2n) is 6.52. The van der Waals surface area contributed by atoms with Gasteiger partial charge in [-0.1, -0.05) is 24.3 Å². The van der Waals surface area contributed by atoms with Gasteiger partial charge in [0.05, 0.1) is 12.2 Å². The van der Waals surface area contributed by atoms with E-state index in [0.717, 1.165) is 25.7 Å². The van der Waals surface area contributed by atoms with E-state index in [1.165, 1.54) is 11.1 Å². The molecule has 4 nitrogen and oxygen atoms in total. The molecule has 22 heavy (non-hydrogen) atoms. The third-order valence-electron chi connectivity index (χ3n) is 5.21. The van der Waals surface area contributed by atoms with Crippen molar-refractivity contribution in [1.29, 1.82) is 0 Å². The zero-order valence-corrected chi connectivity index (χ0v) is 12.8. The van der Waals surface area contributed by atoms with Crippen LogP contribution in [0.25, 0.3) is 0 Å². The van der Waals surface area contributed by atoms with Crippen LogP contribution in [-0.2, 0) is 22.4 Å². The number of aryl methyl sites for hydroxylation is 1. The third-order valence-corrected chi connectivity index (χ3v) is 5.21. The lowest BCUT2D eigenvalue weighted by Gasteiger charge is -2.27. The van der Waals surface area contributed by atoms with E-state index in [4.69, 9.17) is 9.84 Å². The molecule has 0 radical (unpaired) electrons. The van der Waals surface area contributed by atoms with Gasteiger partial charge in [0.25, 0.3) is 0 Å². The van der Waals surface area contributed by atoms with Gasteiger partial charge in [0.2, 0.25) is 0 Å². The van der Waals surface area contributed by atoms with E-state index in [9.17, 15) is 9.90 Å². The van der Waals surface area contributed by atoms with Crippen LogP contribution in [0.5, 0.6) is 0 Å². The van der Waals surface area contributed by atoms with Crippen molar-refractivity contribution >= 4 is 5.97 Å². The molecule has 0 aromatic heterocycles. The number of rotatable bonds is 7. The summed E-state index contributed by atoms with van der Waals surface area (Å²) in [6, 6.07) is 8.29. The van der Waals surface area contributed by atoms with E-state index in [1.807, 2.05) is 12.1 Å². The van der Waals surface area contributed by atoms with E-state index in [-0.39, 0.29) is 31.2 Å². The van der Waals surface area contributed by atoms with Crippen LogP contribution in [0.3, 0.4) is 0 Å². The number of ether oxygens (including phenoxy) is 1. The van der Waals surface area contributed by atoms with Gasteiger partial charge in [-0.05, 0) is 49.1 Å². The molecule has 3 rings (SSSR count). The van der Waals surface area contributed by atoms with Crippen molar-refractivity contribution in [1.82, 2.24) is 0 Å². The van der Waals surface area contributed by atoms with Crippen LogP contribution in [0.15, 0.2) is 24.3 Å². The van der Waals surface area contributed by atoms with Crippen LogP contribution >= 0.6 is 0 Å². The minimum Gasteiger partial charge on any atom is -0.481 e. The Morgan fingerprint density at radius 2 is 1.82 bits per heavy atom. The summed E-state index contributed by atoms with van der Waals surface area (Å²) in [6.07, 6.45) is 5.31. The number of fused-ring (bicyclic) bond motifs is 2. The summed E-state index contributed by atoms with van der Waals surface area (Å²) in [5.41, 5.74) is 2.52. The fraction of sp³-hybridized carbons (Fsp3) is 0.611. The predicted octanol–water partition coefficient (Wildman–Crippen LogP) is 2.42. The van der Waals surface area contributed by atoms with Gasteiger partial charge in [0, 0.05) is 18.9 Å². The molecule has 2 N–H and O–H groups in total. The predicted molar refractivity (Wildman–Crippen MR) is 82.7 cm³/mol. The fourth-order valence-electron chi connectivity index (χ4n) is 4.09. The van der Waals surface area contributed by atoms with E-state index in [2.05, 4.69) is 12.1 Å². The SMILES string of the molecule is O=C(O)CCCc1ccccc1C[C@@H]1[C@H](CO)[C@H]2CC[C@@H]1O2. The number of carbonyl (C=O) groups is 1. The Morgan fingerprint density at radius 3 is 2.50 bits per heavy atom. The van der Waals surface area contributed by atoms with Crippen LogP contribution in [-0.4, -0.2) is 35.0 Å². The first-order valence-corrected chi connectivity index (χ1v) is 8.24. The molecule has 2 heterocycles. The number of carboxylic acid groups (broad SMARTS) is 1. The van der Waals surface area contributed by atoms with Crippen LogP contribution < -0.4 is 0 Å². The van der Waals surface area contributed by atoms with Gasteiger partial charge in [-0.25, -0.2) is 0 Å². The molecular weight excluding hydrogens is 280 g/mol. The standard InChI is InChI=1S/C18H24O4/c19-11-15-14(16-8-9-17(15)22-16)10-13-5-2-1-4-12(13)6-3-7-18(20)21/h1-2,4-5,14-17,19H,3,6-11H2,(H,20,21)/t14-,15+,16+,17-/m1/s1. The van der Waals surface area contributed by atoms with E-state index >= 15 is 0 Å². The van der Waals surface area contributed by atoms with Crippen molar-refractivity contribution in [2.45, 2.75) is 50.7 Å². The van der Waals surface area contributed by atoms with Crippen molar-refractivity contribution in [3.05, 3.63) is 35.4 Å². The average molecular weight is 304 g/mol. The zero-order chi connectivity index (χ0) is 15.5. The summed E-state index contributed by atoms with van der Waals surface area (Å²) in [6.45, 7) is 0.201. The van der Waals surface area contributed by atoms with E-state index in [0.29, 0.717) is 12.3 Å². The normalized spacial score (nSPS) is 29.9. The lowest BCUT2D eigenvalue weighted by atomic mass is 9.76.